The lowest BCUT2D eigenvalue weighted by Gasteiger charge is -2.29. The average Bonchev–Trinajstić information content (AvgIpc) is 2.20. The summed E-state index contributed by atoms with van der Waals surface area (Å²) in [6, 6.07) is 7.79. The molecule has 76 valence electrons. The maximum Gasteiger partial charge on any atom is 0.119 e. The highest BCUT2D eigenvalue weighted by molar-refractivity contribution is 5.35. The van der Waals surface area contributed by atoms with E-state index >= 15 is 0 Å². The van der Waals surface area contributed by atoms with Crippen LogP contribution in [0, 0.1) is 5.92 Å². The minimum atomic E-state index is 0.478. The van der Waals surface area contributed by atoms with Gasteiger partial charge in [0, 0.05) is 0 Å². The predicted octanol–water partition coefficient (Wildman–Crippen LogP) is 3.69. The first-order valence-corrected chi connectivity index (χ1v) is 5.57. The fraction of sp³-hybridized carbons (Fsp3) is 0.538. The fourth-order valence-corrected chi connectivity index (χ4v) is 2.58. The van der Waals surface area contributed by atoms with Crippen molar-refractivity contribution < 1.29 is 5.11 Å². The van der Waals surface area contributed by atoms with Crippen molar-refractivity contribution >= 4 is 0 Å². The van der Waals surface area contributed by atoms with Crippen LogP contribution in [0.25, 0.3) is 0 Å². The van der Waals surface area contributed by atoms with Gasteiger partial charge in [-0.3, -0.25) is 0 Å². The highest BCUT2D eigenvalue weighted by Gasteiger charge is 2.24. The van der Waals surface area contributed by atoms with E-state index in [1.807, 2.05) is 12.1 Å². The zero-order chi connectivity index (χ0) is 9.97. The summed E-state index contributed by atoms with van der Waals surface area (Å²) in [6.07, 6.45) is 5.20. The molecule has 0 radical (unpaired) electrons. The minimum absolute atomic E-state index is 0.478. The molecule has 1 heteroatoms. The second-order valence-electron chi connectivity index (χ2n) is 4.43. The Bertz CT molecular complexity index is 306. The SMILES string of the molecule is CC1CCCCC1c1ccccc1O. The molecule has 14 heavy (non-hydrogen) atoms. The van der Waals surface area contributed by atoms with E-state index in [1.54, 1.807) is 6.07 Å². The van der Waals surface area contributed by atoms with Crippen LogP contribution in [0.15, 0.2) is 24.3 Å². The molecule has 0 aromatic heterocycles. The summed E-state index contributed by atoms with van der Waals surface area (Å²) in [5, 5.41) is 9.78. The third-order valence-corrected chi connectivity index (χ3v) is 3.45. The summed E-state index contributed by atoms with van der Waals surface area (Å²) in [5.41, 5.74) is 1.15. The fourth-order valence-electron chi connectivity index (χ4n) is 2.58. The Hall–Kier alpha value is -0.980. The van der Waals surface area contributed by atoms with E-state index in [2.05, 4.69) is 13.0 Å². The molecule has 1 aromatic carbocycles. The van der Waals surface area contributed by atoms with Gasteiger partial charge in [0.05, 0.1) is 0 Å². The van der Waals surface area contributed by atoms with Crippen LogP contribution in [0.3, 0.4) is 0 Å². The topological polar surface area (TPSA) is 20.2 Å². The second-order valence-corrected chi connectivity index (χ2v) is 4.43. The van der Waals surface area contributed by atoms with Gasteiger partial charge in [0.25, 0.3) is 0 Å². The standard InChI is InChI=1S/C13H18O/c1-10-6-2-3-7-11(10)12-8-4-5-9-13(12)14/h4-5,8-11,14H,2-3,6-7H2,1H3. The van der Waals surface area contributed by atoms with Crippen LogP contribution in [-0.4, -0.2) is 5.11 Å². The first-order chi connectivity index (χ1) is 6.79. The summed E-state index contributed by atoms with van der Waals surface area (Å²) < 4.78 is 0. The monoisotopic (exact) mass is 190 g/mol. The molecule has 1 N–H and O–H groups in total. The zero-order valence-corrected chi connectivity index (χ0v) is 8.74. The smallest absolute Gasteiger partial charge is 0.119 e. The van der Waals surface area contributed by atoms with Gasteiger partial charge >= 0.3 is 0 Å². The summed E-state index contributed by atoms with van der Waals surface area (Å²) in [6.45, 7) is 2.30. The number of phenols is 1. The van der Waals surface area contributed by atoms with Gasteiger partial charge in [-0.25, -0.2) is 0 Å². The van der Waals surface area contributed by atoms with E-state index < -0.39 is 0 Å². The number of hydrogen-bond acceptors (Lipinski definition) is 1. The number of hydrogen-bond donors (Lipinski definition) is 1. The van der Waals surface area contributed by atoms with E-state index in [0.29, 0.717) is 11.7 Å². The summed E-state index contributed by atoms with van der Waals surface area (Å²) in [4.78, 5) is 0. The predicted molar refractivity (Wildman–Crippen MR) is 58.5 cm³/mol. The van der Waals surface area contributed by atoms with Gasteiger partial charge in [-0.05, 0) is 29.9 Å². The molecular formula is C13H18O. The Morgan fingerprint density at radius 3 is 2.57 bits per heavy atom. The van der Waals surface area contributed by atoms with Crippen molar-refractivity contribution in [2.24, 2.45) is 5.92 Å². The van der Waals surface area contributed by atoms with Gasteiger partial charge in [0.15, 0.2) is 0 Å². The molecule has 2 unspecified atom stereocenters. The lowest BCUT2D eigenvalue weighted by atomic mass is 9.76. The lowest BCUT2D eigenvalue weighted by molar-refractivity contribution is 0.322. The summed E-state index contributed by atoms with van der Waals surface area (Å²) >= 11 is 0. The molecule has 0 spiro atoms. The van der Waals surface area contributed by atoms with Crippen LogP contribution in [0.4, 0.5) is 0 Å². The molecule has 2 atom stereocenters. The van der Waals surface area contributed by atoms with E-state index in [1.165, 1.54) is 25.7 Å². The van der Waals surface area contributed by atoms with Crippen LogP contribution < -0.4 is 0 Å². The Morgan fingerprint density at radius 1 is 1.14 bits per heavy atom. The molecule has 0 heterocycles. The van der Waals surface area contributed by atoms with Gasteiger partial charge in [-0.2, -0.15) is 0 Å². The first kappa shape index (κ1) is 9.57. The van der Waals surface area contributed by atoms with Gasteiger partial charge in [-0.15, -0.1) is 0 Å². The van der Waals surface area contributed by atoms with Crippen LogP contribution in [0.2, 0.25) is 0 Å². The Labute approximate surface area is 85.8 Å². The maximum absolute atomic E-state index is 9.78. The summed E-state index contributed by atoms with van der Waals surface area (Å²) in [7, 11) is 0. The molecule has 1 aliphatic carbocycles. The molecular weight excluding hydrogens is 172 g/mol. The van der Waals surface area contributed by atoms with Gasteiger partial charge in [-0.1, -0.05) is 44.4 Å². The van der Waals surface area contributed by atoms with Crippen molar-refractivity contribution in [3.05, 3.63) is 29.8 Å². The van der Waals surface area contributed by atoms with E-state index in [9.17, 15) is 5.11 Å². The summed E-state index contributed by atoms with van der Waals surface area (Å²) in [5.74, 6) is 1.77. The first-order valence-electron chi connectivity index (χ1n) is 5.57. The molecule has 0 saturated heterocycles. The largest absolute Gasteiger partial charge is 0.508 e. The molecule has 1 saturated carbocycles. The van der Waals surface area contributed by atoms with Crippen molar-refractivity contribution in [3.63, 3.8) is 0 Å². The molecule has 0 bridgehead atoms. The normalized spacial score (nSPS) is 27.5. The Balaban J connectivity index is 2.25. The molecule has 2 rings (SSSR count). The minimum Gasteiger partial charge on any atom is -0.508 e. The van der Waals surface area contributed by atoms with Crippen molar-refractivity contribution in [1.82, 2.24) is 0 Å². The van der Waals surface area contributed by atoms with Crippen LogP contribution in [-0.2, 0) is 0 Å². The molecule has 1 aromatic rings. The second kappa shape index (κ2) is 4.04. The van der Waals surface area contributed by atoms with Crippen LogP contribution >= 0.6 is 0 Å². The van der Waals surface area contributed by atoms with Gasteiger partial charge in [0.2, 0.25) is 0 Å². The maximum atomic E-state index is 9.78. The molecule has 0 amide bonds. The third kappa shape index (κ3) is 1.77. The quantitative estimate of drug-likeness (QED) is 0.716. The highest BCUT2D eigenvalue weighted by atomic mass is 16.3. The molecule has 0 aliphatic heterocycles. The number of para-hydroxylation sites is 1. The third-order valence-electron chi connectivity index (χ3n) is 3.45. The number of benzene rings is 1. The van der Waals surface area contributed by atoms with E-state index in [-0.39, 0.29) is 0 Å². The molecule has 1 aliphatic rings. The van der Waals surface area contributed by atoms with Crippen molar-refractivity contribution in [2.75, 3.05) is 0 Å². The van der Waals surface area contributed by atoms with Gasteiger partial charge in [0.1, 0.15) is 5.75 Å². The Morgan fingerprint density at radius 2 is 1.86 bits per heavy atom. The van der Waals surface area contributed by atoms with Gasteiger partial charge < -0.3 is 5.11 Å². The number of aromatic hydroxyl groups is 1. The lowest BCUT2D eigenvalue weighted by Crippen LogP contribution is -2.14. The van der Waals surface area contributed by atoms with Crippen LogP contribution in [0.5, 0.6) is 5.75 Å². The Kier molecular flexibility index (Phi) is 2.76. The van der Waals surface area contributed by atoms with Crippen molar-refractivity contribution in [1.29, 1.82) is 0 Å². The highest BCUT2D eigenvalue weighted by Crippen LogP contribution is 2.40. The van der Waals surface area contributed by atoms with Crippen molar-refractivity contribution in [3.8, 4) is 5.75 Å². The zero-order valence-electron chi connectivity index (χ0n) is 8.74. The molecule has 1 nitrogen and oxygen atoms in total. The number of rotatable bonds is 1. The van der Waals surface area contributed by atoms with Crippen LogP contribution in [0.1, 0.15) is 44.1 Å². The number of phenolic OH excluding ortho intramolecular Hbond substituents is 1. The van der Waals surface area contributed by atoms with E-state index in [0.717, 1.165) is 11.5 Å². The average molecular weight is 190 g/mol. The molecule has 1 fully saturated rings. The van der Waals surface area contributed by atoms with E-state index in [4.69, 9.17) is 0 Å². The van der Waals surface area contributed by atoms with Crippen molar-refractivity contribution in [2.45, 2.75) is 38.5 Å².